The quantitative estimate of drug-likeness (QED) is 0.356. The van der Waals surface area contributed by atoms with Crippen LogP contribution in [0.25, 0.3) is 0 Å². The second-order valence-electron chi connectivity index (χ2n) is 9.18. The Balaban J connectivity index is 0.00000289. The largest absolute Gasteiger partial charge is 0.493 e. The molecular weight excluding hydrogens is 503 g/mol. The highest BCUT2D eigenvalue weighted by Gasteiger charge is 2.44. The van der Waals surface area contributed by atoms with Crippen LogP contribution in [0.2, 0.25) is 5.02 Å². The fourth-order valence-electron chi connectivity index (χ4n) is 5.35. The number of hydrogen-bond donors (Lipinski definition) is 0. The summed E-state index contributed by atoms with van der Waals surface area (Å²) in [6, 6.07) is 24.4. The van der Waals surface area contributed by atoms with Gasteiger partial charge in [0.15, 0.2) is 0 Å². The Labute approximate surface area is 219 Å². The van der Waals surface area contributed by atoms with Gasteiger partial charge in [-0.05, 0) is 68.8 Å². The summed E-state index contributed by atoms with van der Waals surface area (Å²) in [7, 11) is -1.60. The van der Waals surface area contributed by atoms with Crippen LogP contribution in [-0.4, -0.2) is 39.1 Å². The summed E-state index contributed by atoms with van der Waals surface area (Å²) in [6.45, 7) is 0.819. The maximum Gasteiger partial charge on any atom is 0.264 e. The summed E-state index contributed by atoms with van der Waals surface area (Å²) in [4.78, 5) is 2.69. The lowest BCUT2D eigenvalue weighted by Crippen LogP contribution is -2.31. The van der Waals surface area contributed by atoms with Crippen molar-refractivity contribution in [2.24, 2.45) is 5.92 Å². The van der Waals surface area contributed by atoms with Crippen molar-refractivity contribution in [2.45, 2.75) is 42.8 Å². The number of nitrogens with zero attached hydrogens (tertiary/aromatic N) is 2. The van der Waals surface area contributed by atoms with Crippen molar-refractivity contribution < 1.29 is 13.2 Å². The third kappa shape index (κ3) is 5.31. The van der Waals surface area contributed by atoms with Crippen LogP contribution in [-0.2, 0) is 16.6 Å². The normalized spacial score (nSPS) is 21.5. The van der Waals surface area contributed by atoms with E-state index in [-0.39, 0.29) is 23.8 Å². The fraction of sp³-hybridized carbons (Fsp3) is 0.333. The van der Waals surface area contributed by atoms with E-state index in [1.54, 1.807) is 24.3 Å². The minimum atomic E-state index is -3.82. The molecule has 5 rings (SSSR count). The minimum Gasteiger partial charge on any atom is -0.493 e. The molecule has 0 saturated carbocycles. The van der Waals surface area contributed by atoms with Gasteiger partial charge in [-0.3, -0.25) is 4.31 Å². The second kappa shape index (κ2) is 10.8. The van der Waals surface area contributed by atoms with Crippen molar-refractivity contribution in [3.63, 3.8) is 0 Å². The van der Waals surface area contributed by atoms with Crippen molar-refractivity contribution in [2.75, 3.05) is 18.0 Å². The summed E-state index contributed by atoms with van der Waals surface area (Å²) in [5.41, 5.74) is 1.43. The van der Waals surface area contributed by atoms with E-state index in [4.69, 9.17) is 16.3 Å². The lowest BCUT2D eigenvalue weighted by atomic mass is 9.90. The number of anilines is 1. The lowest BCUT2D eigenvalue weighted by molar-refractivity contribution is 0.202. The van der Waals surface area contributed by atoms with Gasteiger partial charge in [-0.15, -0.1) is 12.4 Å². The molecule has 2 saturated heterocycles. The van der Waals surface area contributed by atoms with Crippen LogP contribution in [0, 0.1) is 5.92 Å². The first-order valence-corrected chi connectivity index (χ1v) is 13.5. The maximum absolute atomic E-state index is 13.7. The van der Waals surface area contributed by atoms with Crippen LogP contribution in [0.5, 0.6) is 5.75 Å². The minimum absolute atomic E-state index is 0. The monoisotopic (exact) mass is 532 g/mol. The van der Waals surface area contributed by atoms with Gasteiger partial charge in [0.25, 0.3) is 10.0 Å². The molecule has 3 aromatic carbocycles. The van der Waals surface area contributed by atoms with Gasteiger partial charge in [0.1, 0.15) is 5.75 Å². The standard InChI is InChI=1S/C27H29ClN2O3S.ClH/c1-29-24-13-16-26(29)21(17-24)19-33-27-10-6-5-7-20(27)18-30(23-8-3-2-4-9-23)34(31,32)25-14-11-22(28)12-15-25;/h2-12,14-15,21,24,26H,13,16-19H2,1H3;1H/t21-,24?,26?;/m1./s1. The van der Waals surface area contributed by atoms with Crippen molar-refractivity contribution in [1.29, 1.82) is 0 Å². The Kier molecular flexibility index (Phi) is 7.96. The Morgan fingerprint density at radius 2 is 1.66 bits per heavy atom. The van der Waals surface area contributed by atoms with E-state index in [1.165, 1.54) is 23.6 Å². The van der Waals surface area contributed by atoms with Crippen LogP contribution < -0.4 is 9.04 Å². The van der Waals surface area contributed by atoms with Crippen LogP contribution in [0.4, 0.5) is 5.69 Å². The third-order valence-electron chi connectivity index (χ3n) is 7.20. The summed E-state index contributed by atoms with van der Waals surface area (Å²) in [6.07, 6.45) is 3.69. The lowest BCUT2D eigenvalue weighted by Gasteiger charge is -2.26. The average Bonchev–Trinajstić information content (AvgIpc) is 3.36. The highest BCUT2D eigenvalue weighted by atomic mass is 35.5. The van der Waals surface area contributed by atoms with Gasteiger partial charge in [0, 0.05) is 28.6 Å². The number of para-hydroxylation sites is 2. The van der Waals surface area contributed by atoms with Crippen molar-refractivity contribution >= 4 is 39.7 Å². The maximum atomic E-state index is 13.7. The van der Waals surface area contributed by atoms with Gasteiger partial charge in [0.05, 0.1) is 23.7 Å². The Morgan fingerprint density at radius 1 is 0.971 bits per heavy atom. The first-order valence-electron chi connectivity index (χ1n) is 11.7. The number of ether oxygens (including phenoxy) is 1. The number of halogens is 2. The molecule has 3 atom stereocenters. The molecule has 0 aliphatic carbocycles. The molecule has 3 aromatic rings. The zero-order chi connectivity index (χ0) is 23.7. The smallest absolute Gasteiger partial charge is 0.264 e. The Bertz CT molecular complexity index is 1240. The van der Waals surface area contributed by atoms with E-state index in [1.807, 2.05) is 54.6 Å². The molecule has 2 heterocycles. The van der Waals surface area contributed by atoms with Crippen LogP contribution in [0.3, 0.4) is 0 Å². The number of sulfonamides is 1. The van der Waals surface area contributed by atoms with E-state index in [0.29, 0.717) is 35.3 Å². The van der Waals surface area contributed by atoms with Gasteiger partial charge < -0.3 is 9.64 Å². The van der Waals surface area contributed by atoms with Gasteiger partial charge in [-0.2, -0.15) is 0 Å². The van der Waals surface area contributed by atoms with Gasteiger partial charge in [0.2, 0.25) is 0 Å². The molecule has 0 radical (unpaired) electrons. The zero-order valence-corrected chi connectivity index (χ0v) is 22.0. The van der Waals surface area contributed by atoms with Crippen LogP contribution in [0.15, 0.2) is 83.8 Å². The van der Waals surface area contributed by atoms with Crippen molar-refractivity contribution in [3.05, 3.63) is 89.4 Å². The van der Waals surface area contributed by atoms with Crippen molar-refractivity contribution in [3.8, 4) is 5.75 Å². The number of rotatable bonds is 8. The molecule has 186 valence electrons. The summed E-state index contributed by atoms with van der Waals surface area (Å²) in [5, 5.41) is 0.496. The van der Waals surface area contributed by atoms with Crippen LogP contribution in [0.1, 0.15) is 24.8 Å². The molecular formula is C27H30Cl2N2O3S. The second-order valence-corrected chi connectivity index (χ2v) is 11.5. The number of hydrogen-bond acceptors (Lipinski definition) is 4. The van der Waals surface area contributed by atoms with E-state index >= 15 is 0 Å². The van der Waals surface area contributed by atoms with E-state index in [2.05, 4.69) is 11.9 Å². The molecule has 35 heavy (non-hydrogen) atoms. The summed E-state index contributed by atoms with van der Waals surface area (Å²) < 4.78 is 35.1. The molecule has 2 fully saturated rings. The number of fused-ring (bicyclic) bond motifs is 2. The van der Waals surface area contributed by atoms with Gasteiger partial charge in [-0.1, -0.05) is 48.0 Å². The zero-order valence-electron chi connectivity index (χ0n) is 19.6. The summed E-state index contributed by atoms with van der Waals surface area (Å²) >= 11 is 6.00. The molecule has 5 nitrogen and oxygen atoms in total. The fourth-order valence-corrected chi connectivity index (χ4v) is 6.92. The SMILES string of the molecule is CN1C2CCC1[C@@H](COc1ccccc1CN(c1ccccc1)S(=O)(=O)c1ccc(Cl)cc1)C2.Cl. The topological polar surface area (TPSA) is 49.9 Å². The molecule has 8 heteroatoms. The van der Waals surface area contributed by atoms with Crippen LogP contribution >= 0.6 is 24.0 Å². The highest BCUT2D eigenvalue weighted by molar-refractivity contribution is 7.92. The highest BCUT2D eigenvalue weighted by Crippen LogP contribution is 2.40. The molecule has 0 spiro atoms. The molecule has 2 bridgehead atoms. The predicted molar refractivity (Wildman–Crippen MR) is 143 cm³/mol. The summed E-state index contributed by atoms with van der Waals surface area (Å²) in [5.74, 6) is 1.25. The number of benzene rings is 3. The van der Waals surface area contributed by atoms with Gasteiger partial charge in [-0.25, -0.2) is 8.42 Å². The van der Waals surface area contributed by atoms with E-state index in [9.17, 15) is 8.42 Å². The first kappa shape index (κ1) is 25.8. The molecule has 0 aromatic heterocycles. The van der Waals surface area contributed by atoms with E-state index in [0.717, 1.165) is 11.3 Å². The molecule has 2 unspecified atom stereocenters. The Hall–Kier alpha value is -2.25. The Morgan fingerprint density at radius 3 is 2.31 bits per heavy atom. The first-order chi connectivity index (χ1) is 16.4. The molecule has 2 aliphatic heterocycles. The van der Waals surface area contributed by atoms with Gasteiger partial charge >= 0.3 is 0 Å². The predicted octanol–water partition coefficient (Wildman–Crippen LogP) is 6.02. The molecule has 2 aliphatic rings. The molecule has 0 N–H and O–H groups in total. The average molecular weight is 534 g/mol. The third-order valence-corrected chi connectivity index (χ3v) is 9.24. The molecule has 0 amide bonds. The van der Waals surface area contributed by atoms with Crippen molar-refractivity contribution in [1.82, 2.24) is 4.90 Å². The van der Waals surface area contributed by atoms with E-state index < -0.39 is 10.0 Å².